The van der Waals surface area contributed by atoms with Crippen molar-refractivity contribution in [2.24, 2.45) is 11.8 Å². The zero-order chi connectivity index (χ0) is 11.5. The highest BCUT2D eigenvalue weighted by molar-refractivity contribution is 6.20. The number of methoxy groups -OCH3 is 1. The predicted molar refractivity (Wildman–Crippen MR) is 68.2 cm³/mol. The Labute approximate surface area is 103 Å². The minimum absolute atomic E-state index is 0.250. The molecule has 2 rings (SSSR count). The van der Waals surface area contributed by atoms with Gasteiger partial charge in [0.1, 0.15) is 5.75 Å². The maximum atomic E-state index is 6.46. The molecule has 2 atom stereocenters. The first kappa shape index (κ1) is 11.8. The summed E-state index contributed by atoms with van der Waals surface area (Å²) < 4.78 is 5.21. The average Bonchev–Trinajstić information content (AvgIpc) is 3.12. The van der Waals surface area contributed by atoms with E-state index in [9.17, 15) is 0 Å². The van der Waals surface area contributed by atoms with Crippen LogP contribution < -0.4 is 4.74 Å². The molecule has 0 spiro atoms. The minimum Gasteiger partial charge on any atom is -0.497 e. The van der Waals surface area contributed by atoms with Crippen LogP contribution in [0.25, 0.3) is 0 Å². The van der Waals surface area contributed by atoms with Gasteiger partial charge in [0, 0.05) is 5.38 Å². The molecule has 2 heteroatoms. The zero-order valence-corrected chi connectivity index (χ0v) is 10.7. The molecule has 0 saturated heterocycles. The number of rotatable bonds is 5. The highest BCUT2D eigenvalue weighted by Crippen LogP contribution is 2.40. The molecular formula is C14H19ClO. The molecule has 1 aliphatic carbocycles. The molecule has 0 aromatic heterocycles. The van der Waals surface area contributed by atoms with Crippen molar-refractivity contribution in [2.75, 3.05) is 7.11 Å². The van der Waals surface area contributed by atoms with Gasteiger partial charge in [0.25, 0.3) is 0 Å². The molecule has 0 aliphatic heterocycles. The Balaban J connectivity index is 1.96. The smallest absolute Gasteiger partial charge is 0.119 e. The van der Waals surface area contributed by atoms with E-state index < -0.39 is 0 Å². The van der Waals surface area contributed by atoms with Gasteiger partial charge in [-0.2, -0.15) is 0 Å². The average molecular weight is 239 g/mol. The van der Waals surface area contributed by atoms with Crippen molar-refractivity contribution in [3.63, 3.8) is 0 Å². The lowest BCUT2D eigenvalue weighted by molar-refractivity contribution is 0.413. The summed E-state index contributed by atoms with van der Waals surface area (Å²) in [5, 5.41) is 0.250. The molecular weight excluding hydrogens is 220 g/mol. The first-order valence-electron chi connectivity index (χ1n) is 5.97. The van der Waals surface area contributed by atoms with Crippen LogP contribution >= 0.6 is 11.6 Å². The van der Waals surface area contributed by atoms with Crippen LogP contribution in [0.1, 0.15) is 25.3 Å². The molecule has 0 bridgehead atoms. The Kier molecular flexibility index (Phi) is 3.75. The second-order valence-electron chi connectivity index (χ2n) is 4.77. The number of ether oxygens (including phenoxy) is 1. The lowest BCUT2D eigenvalue weighted by Gasteiger charge is -2.17. The molecule has 0 N–H and O–H groups in total. The van der Waals surface area contributed by atoms with Crippen molar-refractivity contribution in [1.29, 1.82) is 0 Å². The lowest BCUT2D eigenvalue weighted by atomic mass is 9.96. The zero-order valence-electron chi connectivity index (χ0n) is 9.95. The Bertz CT molecular complexity index is 346. The summed E-state index contributed by atoms with van der Waals surface area (Å²) in [6, 6.07) is 8.20. The van der Waals surface area contributed by atoms with Gasteiger partial charge in [-0.15, -0.1) is 11.6 Å². The van der Waals surface area contributed by atoms with Gasteiger partial charge in [0.15, 0.2) is 0 Å². The van der Waals surface area contributed by atoms with Crippen molar-refractivity contribution >= 4 is 11.6 Å². The molecule has 16 heavy (non-hydrogen) atoms. The Morgan fingerprint density at radius 2 is 2.19 bits per heavy atom. The van der Waals surface area contributed by atoms with Crippen molar-refractivity contribution in [3.8, 4) is 5.75 Å². The molecule has 2 unspecified atom stereocenters. The highest BCUT2D eigenvalue weighted by atomic mass is 35.5. The number of hydrogen-bond acceptors (Lipinski definition) is 1. The molecule has 0 radical (unpaired) electrons. The summed E-state index contributed by atoms with van der Waals surface area (Å²) in [6.07, 6.45) is 3.67. The van der Waals surface area contributed by atoms with E-state index in [0.29, 0.717) is 5.92 Å². The molecule has 1 aromatic rings. The summed E-state index contributed by atoms with van der Waals surface area (Å²) in [4.78, 5) is 0. The normalized spacial score (nSPS) is 19.2. The summed E-state index contributed by atoms with van der Waals surface area (Å²) in [5.41, 5.74) is 1.27. The van der Waals surface area contributed by atoms with Gasteiger partial charge in [-0.1, -0.05) is 19.1 Å². The molecule has 1 aliphatic rings. The van der Waals surface area contributed by atoms with Crippen molar-refractivity contribution in [2.45, 2.75) is 31.6 Å². The third-order valence-corrected chi connectivity index (χ3v) is 4.05. The molecule has 0 heterocycles. The maximum Gasteiger partial charge on any atom is 0.119 e. The molecule has 1 fully saturated rings. The Hall–Kier alpha value is -0.690. The topological polar surface area (TPSA) is 9.23 Å². The lowest BCUT2D eigenvalue weighted by Crippen LogP contribution is -2.16. The fraction of sp³-hybridized carbons (Fsp3) is 0.571. The second-order valence-corrected chi connectivity index (χ2v) is 5.33. The number of benzene rings is 1. The quantitative estimate of drug-likeness (QED) is 0.708. The predicted octanol–water partition coefficient (Wildman–Crippen LogP) is 3.89. The van der Waals surface area contributed by atoms with E-state index in [0.717, 1.165) is 18.1 Å². The third-order valence-electron chi connectivity index (χ3n) is 3.50. The monoisotopic (exact) mass is 238 g/mol. The fourth-order valence-corrected chi connectivity index (χ4v) is 2.51. The van der Waals surface area contributed by atoms with E-state index in [2.05, 4.69) is 19.1 Å². The van der Waals surface area contributed by atoms with Crippen molar-refractivity contribution in [3.05, 3.63) is 29.8 Å². The van der Waals surface area contributed by atoms with Crippen LogP contribution in [0.5, 0.6) is 5.75 Å². The van der Waals surface area contributed by atoms with Gasteiger partial charge < -0.3 is 4.74 Å². The number of halogens is 1. The second kappa shape index (κ2) is 5.09. The maximum absolute atomic E-state index is 6.46. The standard InChI is InChI=1S/C14H19ClO/c1-10(12-6-7-12)14(15)9-11-4-3-5-13(8-11)16-2/h3-5,8,10,12,14H,6-7,9H2,1-2H3. The van der Waals surface area contributed by atoms with Crippen LogP contribution in [0, 0.1) is 11.8 Å². The van der Waals surface area contributed by atoms with E-state index in [1.54, 1.807) is 7.11 Å². The highest BCUT2D eigenvalue weighted by Gasteiger charge is 2.32. The van der Waals surface area contributed by atoms with Crippen LogP contribution in [0.15, 0.2) is 24.3 Å². The molecule has 1 aromatic carbocycles. The number of hydrogen-bond donors (Lipinski definition) is 0. The third kappa shape index (κ3) is 2.91. The van der Waals surface area contributed by atoms with Crippen LogP contribution in [0.2, 0.25) is 0 Å². The van der Waals surface area contributed by atoms with E-state index in [-0.39, 0.29) is 5.38 Å². The largest absolute Gasteiger partial charge is 0.497 e. The first-order chi connectivity index (χ1) is 7.70. The molecule has 1 nitrogen and oxygen atoms in total. The van der Waals surface area contributed by atoms with Crippen LogP contribution in [0.3, 0.4) is 0 Å². The van der Waals surface area contributed by atoms with Gasteiger partial charge in [0.2, 0.25) is 0 Å². The first-order valence-corrected chi connectivity index (χ1v) is 6.41. The van der Waals surface area contributed by atoms with Crippen LogP contribution in [0.4, 0.5) is 0 Å². The van der Waals surface area contributed by atoms with Crippen molar-refractivity contribution in [1.82, 2.24) is 0 Å². The van der Waals surface area contributed by atoms with E-state index in [1.165, 1.54) is 18.4 Å². The summed E-state index contributed by atoms with van der Waals surface area (Å²) in [7, 11) is 1.70. The van der Waals surface area contributed by atoms with Gasteiger partial charge in [0.05, 0.1) is 7.11 Å². The van der Waals surface area contributed by atoms with Crippen LogP contribution in [-0.2, 0) is 6.42 Å². The Morgan fingerprint density at radius 1 is 1.44 bits per heavy atom. The molecule has 88 valence electrons. The van der Waals surface area contributed by atoms with Crippen LogP contribution in [-0.4, -0.2) is 12.5 Å². The number of alkyl halides is 1. The van der Waals surface area contributed by atoms with Crippen molar-refractivity contribution < 1.29 is 4.74 Å². The molecule has 1 saturated carbocycles. The SMILES string of the molecule is COc1cccc(CC(Cl)C(C)C2CC2)c1. The van der Waals surface area contributed by atoms with Gasteiger partial charge in [-0.3, -0.25) is 0 Å². The fourth-order valence-electron chi connectivity index (χ4n) is 2.13. The van der Waals surface area contributed by atoms with Gasteiger partial charge in [-0.25, -0.2) is 0 Å². The summed E-state index contributed by atoms with van der Waals surface area (Å²) in [6.45, 7) is 2.27. The Morgan fingerprint density at radius 3 is 2.81 bits per heavy atom. The summed E-state index contributed by atoms with van der Waals surface area (Å²) >= 11 is 6.46. The van der Waals surface area contributed by atoms with E-state index in [1.807, 2.05) is 12.1 Å². The molecule has 0 amide bonds. The van der Waals surface area contributed by atoms with E-state index in [4.69, 9.17) is 16.3 Å². The van der Waals surface area contributed by atoms with Gasteiger partial charge >= 0.3 is 0 Å². The van der Waals surface area contributed by atoms with E-state index >= 15 is 0 Å². The minimum atomic E-state index is 0.250. The summed E-state index contributed by atoms with van der Waals surface area (Å²) in [5.74, 6) is 2.42. The van der Waals surface area contributed by atoms with Gasteiger partial charge in [-0.05, 0) is 48.8 Å².